The summed E-state index contributed by atoms with van der Waals surface area (Å²) in [6, 6.07) is 0. The van der Waals surface area contributed by atoms with Crippen LogP contribution in [0.2, 0.25) is 0 Å². The van der Waals surface area contributed by atoms with E-state index in [0.29, 0.717) is 4.90 Å². The van der Waals surface area contributed by atoms with Gasteiger partial charge in [-0.3, -0.25) is 24.0 Å². The summed E-state index contributed by atoms with van der Waals surface area (Å²) in [5.74, 6) is -2.69. The minimum Gasteiger partial charge on any atom is -0.300 e. The molecule has 9 nitrogen and oxygen atoms in total. The molecule has 9 heteroatoms. The SMILES string of the molecule is CC(C)(C)C(=O)C(CN=[N+]=[N-])CC(=O)CCCC(=O)N1C(=O)CCC1=O. The molecule has 0 aromatic carbocycles. The highest BCUT2D eigenvalue weighted by molar-refractivity contribution is 6.15. The first-order valence-corrected chi connectivity index (χ1v) is 8.53. The number of hydrogen-bond donors (Lipinski definition) is 0. The fraction of sp³-hybridized carbons (Fsp3) is 0.706. The van der Waals surface area contributed by atoms with Gasteiger partial charge in [0, 0.05) is 54.9 Å². The number of nitrogens with zero attached hydrogens (tertiary/aromatic N) is 4. The topological polar surface area (TPSA) is 137 Å². The van der Waals surface area contributed by atoms with Crippen LogP contribution in [-0.4, -0.2) is 40.7 Å². The van der Waals surface area contributed by atoms with Crippen LogP contribution in [0.5, 0.6) is 0 Å². The molecule has 1 aliphatic heterocycles. The quantitative estimate of drug-likeness (QED) is 0.267. The van der Waals surface area contributed by atoms with E-state index in [1.54, 1.807) is 20.8 Å². The largest absolute Gasteiger partial charge is 0.300 e. The lowest BCUT2D eigenvalue weighted by Gasteiger charge is -2.23. The number of carbonyl (C=O) groups is 5. The van der Waals surface area contributed by atoms with Gasteiger partial charge in [0.05, 0.1) is 0 Å². The van der Waals surface area contributed by atoms with Crippen LogP contribution >= 0.6 is 0 Å². The van der Waals surface area contributed by atoms with Crippen LogP contribution in [0.1, 0.15) is 59.3 Å². The molecule has 1 fully saturated rings. The lowest BCUT2D eigenvalue weighted by molar-refractivity contribution is -0.149. The molecule has 1 heterocycles. The van der Waals surface area contributed by atoms with Crippen LogP contribution in [-0.2, 0) is 24.0 Å². The van der Waals surface area contributed by atoms with Crippen molar-refractivity contribution in [3.8, 4) is 0 Å². The van der Waals surface area contributed by atoms with Crippen LogP contribution in [0.15, 0.2) is 5.11 Å². The number of hydrogen-bond acceptors (Lipinski definition) is 6. The summed E-state index contributed by atoms with van der Waals surface area (Å²) in [6.07, 6.45) is 0.167. The first kappa shape index (κ1) is 21.5. The van der Waals surface area contributed by atoms with E-state index in [1.807, 2.05) is 0 Å². The maximum atomic E-state index is 12.4. The number of likely N-dealkylation sites (tertiary alicyclic amines) is 1. The number of ketones is 2. The Balaban J connectivity index is 2.53. The van der Waals surface area contributed by atoms with Gasteiger partial charge in [-0.1, -0.05) is 25.9 Å². The Morgan fingerprint density at radius 3 is 2.23 bits per heavy atom. The second-order valence-electron chi connectivity index (χ2n) is 7.34. The fourth-order valence-electron chi connectivity index (χ4n) is 2.77. The zero-order valence-electron chi connectivity index (χ0n) is 15.4. The van der Waals surface area contributed by atoms with Gasteiger partial charge in [0.1, 0.15) is 11.6 Å². The molecular formula is C17H24N4O5. The molecule has 0 saturated carbocycles. The highest BCUT2D eigenvalue weighted by Crippen LogP contribution is 2.24. The summed E-state index contributed by atoms with van der Waals surface area (Å²) in [7, 11) is 0. The first-order valence-electron chi connectivity index (χ1n) is 8.53. The van der Waals surface area contributed by atoms with E-state index in [9.17, 15) is 24.0 Å². The lowest BCUT2D eigenvalue weighted by atomic mass is 9.80. The third kappa shape index (κ3) is 6.07. The van der Waals surface area contributed by atoms with Crippen molar-refractivity contribution in [2.45, 2.75) is 59.3 Å². The fourth-order valence-corrected chi connectivity index (χ4v) is 2.77. The Labute approximate surface area is 151 Å². The Bertz CT molecular complexity index is 643. The van der Waals surface area contributed by atoms with E-state index in [2.05, 4.69) is 10.0 Å². The van der Waals surface area contributed by atoms with E-state index >= 15 is 0 Å². The molecule has 0 radical (unpaired) electrons. The summed E-state index contributed by atoms with van der Waals surface area (Å²) in [5, 5.41) is 3.41. The van der Waals surface area contributed by atoms with Gasteiger partial charge in [-0.2, -0.15) is 0 Å². The molecule has 26 heavy (non-hydrogen) atoms. The molecular weight excluding hydrogens is 340 g/mol. The van der Waals surface area contributed by atoms with Crippen molar-refractivity contribution in [3.05, 3.63) is 10.4 Å². The van der Waals surface area contributed by atoms with Crippen molar-refractivity contribution in [2.24, 2.45) is 16.4 Å². The minimum atomic E-state index is -0.698. The van der Waals surface area contributed by atoms with Gasteiger partial charge >= 0.3 is 0 Å². The molecule has 1 rings (SSSR count). The molecule has 0 bridgehead atoms. The van der Waals surface area contributed by atoms with Crippen molar-refractivity contribution >= 4 is 29.3 Å². The van der Waals surface area contributed by atoms with Crippen molar-refractivity contribution in [2.75, 3.05) is 6.54 Å². The lowest BCUT2D eigenvalue weighted by Crippen LogP contribution is -2.35. The third-order valence-corrected chi connectivity index (χ3v) is 4.10. The van der Waals surface area contributed by atoms with Crippen LogP contribution in [0.4, 0.5) is 0 Å². The zero-order chi connectivity index (χ0) is 19.9. The smallest absolute Gasteiger partial charge is 0.236 e. The van der Waals surface area contributed by atoms with E-state index in [4.69, 9.17) is 5.53 Å². The van der Waals surface area contributed by atoms with E-state index in [0.717, 1.165) is 0 Å². The number of amides is 3. The highest BCUT2D eigenvalue weighted by Gasteiger charge is 2.34. The van der Waals surface area contributed by atoms with E-state index < -0.39 is 29.1 Å². The van der Waals surface area contributed by atoms with Gasteiger partial charge in [0.2, 0.25) is 17.7 Å². The van der Waals surface area contributed by atoms with Gasteiger partial charge in [0.15, 0.2) is 0 Å². The Morgan fingerprint density at radius 2 is 1.73 bits per heavy atom. The van der Waals surface area contributed by atoms with Gasteiger partial charge in [-0.15, -0.1) is 0 Å². The number of carbonyl (C=O) groups excluding carboxylic acids is 5. The average Bonchev–Trinajstić information content (AvgIpc) is 2.88. The van der Waals surface area contributed by atoms with Crippen LogP contribution in [0.3, 0.4) is 0 Å². The Hall–Kier alpha value is -2.54. The Kier molecular flexibility index (Phi) is 7.64. The number of imide groups is 3. The van der Waals surface area contributed by atoms with Crippen LogP contribution in [0, 0.1) is 11.3 Å². The second kappa shape index (κ2) is 9.24. The van der Waals surface area contributed by atoms with Crippen molar-refractivity contribution in [3.63, 3.8) is 0 Å². The van der Waals surface area contributed by atoms with Crippen molar-refractivity contribution < 1.29 is 24.0 Å². The van der Waals surface area contributed by atoms with Crippen LogP contribution < -0.4 is 0 Å². The van der Waals surface area contributed by atoms with E-state index in [1.165, 1.54) is 0 Å². The van der Waals surface area contributed by atoms with Crippen molar-refractivity contribution in [1.82, 2.24) is 4.90 Å². The molecule has 0 aromatic rings. The maximum Gasteiger partial charge on any atom is 0.236 e. The summed E-state index contributed by atoms with van der Waals surface area (Å²) >= 11 is 0. The first-order chi connectivity index (χ1) is 12.1. The molecule has 1 unspecified atom stereocenters. The molecule has 1 atom stereocenters. The number of azide groups is 1. The molecule has 142 valence electrons. The molecule has 0 aliphatic carbocycles. The number of rotatable bonds is 9. The standard InChI is InChI=1S/C17H24N4O5/c1-17(2,3)16(26)11(10-19-20-18)9-12(22)5-4-6-13(23)21-14(24)7-8-15(21)25/h11H,4-10H2,1-3H3. The summed E-state index contributed by atoms with van der Waals surface area (Å²) in [6.45, 7) is 5.09. The maximum absolute atomic E-state index is 12.4. The molecule has 0 aromatic heterocycles. The molecule has 3 amide bonds. The van der Waals surface area contributed by atoms with Gasteiger partial charge in [-0.25, -0.2) is 4.90 Å². The summed E-state index contributed by atoms with van der Waals surface area (Å²) < 4.78 is 0. The predicted octanol–water partition coefficient (Wildman–Crippen LogP) is 2.33. The Morgan fingerprint density at radius 1 is 1.15 bits per heavy atom. The van der Waals surface area contributed by atoms with Gasteiger partial charge in [-0.05, 0) is 12.0 Å². The normalized spacial score (nSPS) is 15.6. The zero-order valence-corrected chi connectivity index (χ0v) is 15.4. The summed E-state index contributed by atoms with van der Waals surface area (Å²) in [5.41, 5.74) is 7.78. The summed E-state index contributed by atoms with van der Waals surface area (Å²) in [4.78, 5) is 62.7. The number of Topliss-reactive ketones (excluding diaryl/α,β-unsaturated/α-hetero) is 2. The molecule has 0 spiro atoms. The highest BCUT2D eigenvalue weighted by atomic mass is 16.2. The van der Waals surface area contributed by atoms with E-state index in [-0.39, 0.29) is 56.6 Å². The minimum absolute atomic E-state index is 0.0412. The molecule has 1 aliphatic rings. The van der Waals surface area contributed by atoms with Crippen molar-refractivity contribution in [1.29, 1.82) is 0 Å². The van der Waals surface area contributed by atoms with Gasteiger partial charge < -0.3 is 0 Å². The van der Waals surface area contributed by atoms with Gasteiger partial charge in [0.25, 0.3) is 0 Å². The van der Waals surface area contributed by atoms with Crippen LogP contribution in [0.25, 0.3) is 10.4 Å². The monoisotopic (exact) mass is 364 g/mol. The third-order valence-electron chi connectivity index (χ3n) is 4.10. The molecule has 0 N–H and O–H groups in total. The average molecular weight is 364 g/mol. The molecule has 1 saturated heterocycles. The predicted molar refractivity (Wildman–Crippen MR) is 91.5 cm³/mol. The second-order valence-corrected chi connectivity index (χ2v) is 7.34.